The molecule has 1 aliphatic rings. The van der Waals surface area contributed by atoms with Gasteiger partial charge in [-0.15, -0.1) is 11.3 Å². The van der Waals surface area contributed by atoms with Gasteiger partial charge in [0, 0.05) is 16.4 Å². The number of esters is 1. The summed E-state index contributed by atoms with van der Waals surface area (Å²) in [6.45, 7) is 7.93. The Bertz CT molecular complexity index is 1000. The van der Waals surface area contributed by atoms with E-state index in [-0.39, 0.29) is 17.5 Å². The quantitative estimate of drug-likeness (QED) is 0.772. The van der Waals surface area contributed by atoms with E-state index in [0.29, 0.717) is 16.5 Å². The Hall–Kier alpha value is -2.48. The molecule has 0 spiro atoms. The number of hydrogen-bond acceptors (Lipinski definition) is 6. The van der Waals surface area contributed by atoms with Gasteiger partial charge in [-0.1, -0.05) is 27.7 Å². The van der Waals surface area contributed by atoms with Crippen molar-refractivity contribution in [1.82, 2.24) is 9.78 Å². The van der Waals surface area contributed by atoms with Crippen LogP contribution in [0.25, 0.3) is 0 Å². The molecule has 7 nitrogen and oxygen atoms in total. The molecule has 1 N–H and O–H groups in total. The first kappa shape index (κ1) is 21.2. The number of thiophene rings is 1. The number of amides is 1. The maximum Gasteiger partial charge on any atom is 0.341 e. The lowest BCUT2D eigenvalue weighted by atomic mass is 9.88. The van der Waals surface area contributed by atoms with Crippen molar-refractivity contribution in [3.63, 3.8) is 0 Å². The van der Waals surface area contributed by atoms with Crippen LogP contribution in [0.2, 0.25) is 0 Å². The second-order valence-electron chi connectivity index (χ2n) is 8.56. The summed E-state index contributed by atoms with van der Waals surface area (Å²) in [6, 6.07) is 3.10. The van der Waals surface area contributed by atoms with Gasteiger partial charge in [-0.3, -0.25) is 9.59 Å². The molecule has 0 aromatic carbocycles. The number of aromatic nitrogens is 2. The monoisotopic (exact) mass is 417 g/mol. The van der Waals surface area contributed by atoms with Gasteiger partial charge < -0.3 is 10.1 Å². The number of nitrogens with zero attached hydrogens (tertiary/aromatic N) is 2. The van der Waals surface area contributed by atoms with E-state index >= 15 is 0 Å². The zero-order valence-corrected chi connectivity index (χ0v) is 18.3. The SMILES string of the molecule is COC(=O)c1c(NC(=O)Cn2nc(C(C)(C)C)ccc2=O)sc2c1CCC(C)C2. The lowest BCUT2D eigenvalue weighted by Crippen LogP contribution is -2.31. The summed E-state index contributed by atoms with van der Waals surface area (Å²) in [5.41, 5.74) is 1.55. The third-order valence-electron chi connectivity index (χ3n) is 5.08. The molecule has 1 aliphatic carbocycles. The molecule has 1 atom stereocenters. The van der Waals surface area contributed by atoms with Gasteiger partial charge in [0.2, 0.25) is 5.91 Å². The molecule has 0 fully saturated rings. The fourth-order valence-corrected chi connectivity index (χ4v) is 4.84. The highest BCUT2D eigenvalue weighted by molar-refractivity contribution is 7.17. The summed E-state index contributed by atoms with van der Waals surface area (Å²) in [6.07, 6.45) is 2.68. The molecular formula is C21H27N3O4S. The van der Waals surface area contributed by atoms with Crippen LogP contribution in [0.1, 0.15) is 60.6 Å². The highest BCUT2D eigenvalue weighted by atomic mass is 32.1. The van der Waals surface area contributed by atoms with Gasteiger partial charge in [-0.05, 0) is 36.8 Å². The number of hydrogen-bond donors (Lipinski definition) is 1. The van der Waals surface area contributed by atoms with E-state index in [1.807, 2.05) is 20.8 Å². The van der Waals surface area contributed by atoms with Gasteiger partial charge >= 0.3 is 5.97 Å². The highest BCUT2D eigenvalue weighted by Gasteiger charge is 2.29. The minimum Gasteiger partial charge on any atom is -0.465 e. The molecule has 2 heterocycles. The van der Waals surface area contributed by atoms with Gasteiger partial charge in [0.25, 0.3) is 5.56 Å². The van der Waals surface area contributed by atoms with Crippen LogP contribution in [0.5, 0.6) is 0 Å². The molecule has 0 bridgehead atoms. The molecule has 0 saturated heterocycles. The third kappa shape index (κ3) is 4.58. The molecule has 0 saturated carbocycles. The topological polar surface area (TPSA) is 90.3 Å². The number of anilines is 1. The van der Waals surface area contributed by atoms with Crippen molar-refractivity contribution in [2.24, 2.45) is 5.92 Å². The number of carbonyl (C=O) groups is 2. The first-order valence-corrected chi connectivity index (χ1v) is 10.5. The second kappa shape index (κ2) is 8.10. The lowest BCUT2D eigenvalue weighted by molar-refractivity contribution is -0.117. The molecule has 0 radical (unpaired) electrons. The lowest BCUT2D eigenvalue weighted by Gasteiger charge is -2.18. The Morgan fingerprint density at radius 2 is 2.07 bits per heavy atom. The average molecular weight is 418 g/mol. The predicted octanol–water partition coefficient (Wildman–Crippen LogP) is 3.15. The number of rotatable bonds is 4. The largest absolute Gasteiger partial charge is 0.465 e. The van der Waals surface area contributed by atoms with Crippen LogP contribution in [0.3, 0.4) is 0 Å². The van der Waals surface area contributed by atoms with Crippen LogP contribution in [0, 0.1) is 5.92 Å². The Balaban J connectivity index is 1.87. The van der Waals surface area contributed by atoms with Crippen molar-refractivity contribution in [1.29, 1.82) is 0 Å². The number of methoxy groups -OCH3 is 1. The molecule has 1 amide bonds. The Morgan fingerprint density at radius 1 is 1.34 bits per heavy atom. The van der Waals surface area contributed by atoms with E-state index in [1.165, 1.54) is 24.5 Å². The number of fused-ring (bicyclic) bond motifs is 1. The summed E-state index contributed by atoms with van der Waals surface area (Å²) >= 11 is 1.42. The van der Waals surface area contributed by atoms with Crippen molar-refractivity contribution in [3.8, 4) is 0 Å². The Kier molecular flexibility index (Phi) is 5.93. The van der Waals surface area contributed by atoms with Gasteiger partial charge in [-0.2, -0.15) is 5.10 Å². The summed E-state index contributed by atoms with van der Waals surface area (Å²) in [7, 11) is 1.34. The molecule has 29 heavy (non-hydrogen) atoms. The van der Waals surface area contributed by atoms with Crippen LogP contribution in [0.15, 0.2) is 16.9 Å². The van der Waals surface area contributed by atoms with Crippen molar-refractivity contribution >= 4 is 28.2 Å². The summed E-state index contributed by atoms with van der Waals surface area (Å²) < 4.78 is 6.11. The molecule has 0 aliphatic heterocycles. The Morgan fingerprint density at radius 3 is 2.72 bits per heavy atom. The highest BCUT2D eigenvalue weighted by Crippen LogP contribution is 2.40. The summed E-state index contributed by atoms with van der Waals surface area (Å²) in [5.74, 6) is -0.307. The molecule has 1 unspecified atom stereocenters. The van der Waals surface area contributed by atoms with Crippen LogP contribution in [0.4, 0.5) is 5.00 Å². The minimum absolute atomic E-state index is 0.220. The Labute approximate surface area is 174 Å². The zero-order chi connectivity index (χ0) is 21.3. The van der Waals surface area contributed by atoms with Crippen LogP contribution in [-0.4, -0.2) is 28.8 Å². The summed E-state index contributed by atoms with van der Waals surface area (Å²) in [5, 5.41) is 7.63. The van der Waals surface area contributed by atoms with E-state index in [0.717, 1.165) is 40.1 Å². The fraction of sp³-hybridized carbons (Fsp3) is 0.524. The van der Waals surface area contributed by atoms with E-state index in [9.17, 15) is 14.4 Å². The average Bonchev–Trinajstić information content (AvgIpc) is 2.98. The molecule has 2 aromatic heterocycles. The van der Waals surface area contributed by atoms with Crippen molar-refractivity contribution in [3.05, 3.63) is 44.2 Å². The number of nitrogens with one attached hydrogen (secondary N) is 1. The summed E-state index contributed by atoms with van der Waals surface area (Å²) in [4.78, 5) is 38.3. The van der Waals surface area contributed by atoms with Gasteiger partial charge in [0.05, 0.1) is 18.4 Å². The molecule has 3 rings (SSSR count). The van der Waals surface area contributed by atoms with E-state index in [2.05, 4.69) is 17.3 Å². The zero-order valence-electron chi connectivity index (χ0n) is 17.5. The van der Waals surface area contributed by atoms with Crippen LogP contribution in [-0.2, 0) is 34.3 Å². The number of carbonyl (C=O) groups excluding carboxylic acids is 2. The first-order chi connectivity index (χ1) is 13.6. The molecule has 2 aromatic rings. The van der Waals surface area contributed by atoms with Gasteiger partial charge in [-0.25, -0.2) is 9.48 Å². The smallest absolute Gasteiger partial charge is 0.341 e. The fourth-order valence-electron chi connectivity index (χ4n) is 3.42. The predicted molar refractivity (Wildman–Crippen MR) is 113 cm³/mol. The van der Waals surface area contributed by atoms with Gasteiger partial charge in [0.1, 0.15) is 11.5 Å². The van der Waals surface area contributed by atoms with Crippen LogP contribution < -0.4 is 10.9 Å². The van der Waals surface area contributed by atoms with E-state index in [4.69, 9.17) is 4.74 Å². The van der Waals surface area contributed by atoms with Crippen LogP contribution >= 0.6 is 11.3 Å². The standard InChI is InChI=1S/C21H27N3O4S/c1-12-6-7-13-14(10-12)29-19(18(13)20(27)28-5)22-16(25)11-24-17(26)9-8-15(23-24)21(2,3)4/h8-9,12H,6-7,10-11H2,1-5H3,(H,22,25). The first-order valence-electron chi connectivity index (χ1n) is 9.71. The normalized spacial score (nSPS) is 16.2. The second-order valence-corrected chi connectivity index (χ2v) is 9.67. The van der Waals surface area contributed by atoms with E-state index < -0.39 is 11.9 Å². The van der Waals surface area contributed by atoms with E-state index in [1.54, 1.807) is 6.07 Å². The number of ether oxygens (including phenoxy) is 1. The maximum atomic E-state index is 12.7. The molecule has 156 valence electrons. The molecular weight excluding hydrogens is 390 g/mol. The third-order valence-corrected chi connectivity index (χ3v) is 6.25. The maximum absolute atomic E-state index is 12.7. The van der Waals surface area contributed by atoms with Gasteiger partial charge in [0.15, 0.2) is 0 Å². The van der Waals surface area contributed by atoms with Crippen molar-refractivity contribution in [2.75, 3.05) is 12.4 Å². The molecule has 8 heteroatoms. The minimum atomic E-state index is -0.447. The van der Waals surface area contributed by atoms with Crippen molar-refractivity contribution < 1.29 is 14.3 Å². The van der Waals surface area contributed by atoms with Crippen molar-refractivity contribution in [2.45, 2.75) is 58.9 Å².